The van der Waals surface area contributed by atoms with Crippen LogP contribution >= 0.6 is 0 Å². The van der Waals surface area contributed by atoms with Crippen molar-refractivity contribution >= 4 is 11.8 Å². The molecule has 126 valence electrons. The molecule has 0 radical (unpaired) electrons. The molecule has 1 aliphatic rings. The molecule has 4 N–H and O–H groups in total. The van der Waals surface area contributed by atoms with Gasteiger partial charge in [0.25, 0.3) is 5.69 Å². The lowest BCUT2D eigenvalue weighted by molar-refractivity contribution is -0.385. The van der Waals surface area contributed by atoms with Crippen molar-refractivity contribution < 1.29 is 34.8 Å². The maximum absolute atomic E-state index is 10.9. The number of aliphatic hydroxyl groups excluding tert-OH is 4. The van der Waals surface area contributed by atoms with Crippen LogP contribution < -0.4 is 0 Å². The molecule has 0 saturated carbocycles. The first-order chi connectivity index (χ1) is 11.0. The van der Waals surface area contributed by atoms with Crippen molar-refractivity contribution in [3.63, 3.8) is 0 Å². The lowest BCUT2D eigenvalue weighted by Crippen LogP contribution is -2.58. The Morgan fingerprint density at radius 3 is 2.61 bits per heavy atom. The van der Waals surface area contributed by atoms with E-state index in [1.807, 2.05) is 0 Å². The number of aliphatic hydroxyl groups is 4. The summed E-state index contributed by atoms with van der Waals surface area (Å²) in [5.74, 6) is 0. The number of nitrogens with zero attached hydrogens (tertiary/aromatic N) is 1. The molecule has 1 saturated heterocycles. The number of para-hydroxylation sites is 1. The Labute approximate surface area is 131 Å². The van der Waals surface area contributed by atoms with E-state index in [1.54, 1.807) is 6.07 Å². The van der Waals surface area contributed by atoms with Gasteiger partial charge in [-0.25, -0.2) is 0 Å². The fraction of sp³-hybridized carbons (Fsp3) is 0.429. The third-order valence-corrected chi connectivity index (χ3v) is 3.46. The maximum Gasteiger partial charge on any atom is 0.276 e. The molecule has 1 fully saturated rings. The van der Waals surface area contributed by atoms with Gasteiger partial charge in [-0.15, -0.1) is 0 Å². The maximum atomic E-state index is 10.9. The molecule has 1 aromatic rings. The van der Waals surface area contributed by atoms with Gasteiger partial charge in [-0.2, -0.15) is 0 Å². The van der Waals surface area contributed by atoms with Crippen LogP contribution in [0.5, 0.6) is 0 Å². The van der Waals surface area contributed by atoms with Crippen LogP contribution in [0.3, 0.4) is 0 Å². The van der Waals surface area contributed by atoms with E-state index in [2.05, 4.69) is 0 Å². The van der Waals surface area contributed by atoms with E-state index in [9.17, 15) is 25.4 Å². The molecule has 0 unspecified atom stereocenters. The van der Waals surface area contributed by atoms with Gasteiger partial charge in [0.2, 0.25) is 0 Å². The van der Waals surface area contributed by atoms with Gasteiger partial charge in [-0.3, -0.25) is 10.1 Å². The molecule has 0 aromatic heterocycles. The van der Waals surface area contributed by atoms with Gasteiger partial charge in [0, 0.05) is 6.07 Å². The van der Waals surface area contributed by atoms with Crippen LogP contribution in [0.15, 0.2) is 30.5 Å². The molecular weight excluding hydrogens is 310 g/mol. The average Bonchev–Trinajstić information content (AvgIpc) is 2.54. The number of ether oxygens (including phenoxy) is 2. The van der Waals surface area contributed by atoms with Crippen molar-refractivity contribution in [1.82, 2.24) is 0 Å². The smallest absolute Gasteiger partial charge is 0.276 e. The van der Waals surface area contributed by atoms with Gasteiger partial charge in [0.05, 0.1) is 23.4 Å². The van der Waals surface area contributed by atoms with Crippen LogP contribution in [0.25, 0.3) is 6.08 Å². The minimum Gasteiger partial charge on any atom is -0.490 e. The van der Waals surface area contributed by atoms with E-state index in [4.69, 9.17) is 14.6 Å². The van der Waals surface area contributed by atoms with Gasteiger partial charge in [-0.05, 0) is 12.1 Å². The Morgan fingerprint density at radius 1 is 1.26 bits per heavy atom. The molecule has 5 atom stereocenters. The number of benzene rings is 1. The van der Waals surface area contributed by atoms with Crippen LogP contribution in [0.2, 0.25) is 0 Å². The summed E-state index contributed by atoms with van der Waals surface area (Å²) >= 11 is 0. The van der Waals surface area contributed by atoms with Crippen LogP contribution in [-0.4, -0.2) is 62.7 Å². The Balaban J connectivity index is 2.07. The molecule has 9 nitrogen and oxygen atoms in total. The van der Waals surface area contributed by atoms with Crippen molar-refractivity contribution in [2.24, 2.45) is 0 Å². The third kappa shape index (κ3) is 3.84. The molecule has 1 aromatic carbocycles. The summed E-state index contributed by atoms with van der Waals surface area (Å²) < 4.78 is 10.1. The van der Waals surface area contributed by atoms with E-state index >= 15 is 0 Å². The Kier molecular flexibility index (Phi) is 5.64. The Morgan fingerprint density at radius 2 is 1.96 bits per heavy atom. The van der Waals surface area contributed by atoms with Crippen LogP contribution in [0.4, 0.5) is 5.69 Å². The quantitative estimate of drug-likeness (QED) is 0.318. The molecule has 0 aliphatic carbocycles. The number of nitro benzene ring substituents is 1. The molecule has 2 rings (SSSR count). The van der Waals surface area contributed by atoms with E-state index in [0.29, 0.717) is 0 Å². The Bertz CT molecular complexity index is 578. The monoisotopic (exact) mass is 327 g/mol. The summed E-state index contributed by atoms with van der Waals surface area (Å²) in [6, 6.07) is 5.95. The number of hydrogen-bond donors (Lipinski definition) is 4. The second-order valence-electron chi connectivity index (χ2n) is 4.95. The molecule has 0 amide bonds. The zero-order valence-electron chi connectivity index (χ0n) is 11.9. The van der Waals surface area contributed by atoms with Crippen molar-refractivity contribution in [3.8, 4) is 0 Å². The highest BCUT2D eigenvalue weighted by atomic mass is 16.7. The highest BCUT2D eigenvalue weighted by Crippen LogP contribution is 2.23. The number of rotatable bonds is 5. The van der Waals surface area contributed by atoms with Crippen molar-refractivity contribution in [2.75, 3.05) is 6.61 Å². The molecule has 0 bridgehead atoms. The lowest BCUT2D eigenvalue weighted by atomic mass is 9.99. The first-order valence-corrected chi connectivity index (χ1v) is 6.81. The fourth-order valence-corrected chi connectivity index (χ4v) is 2.22. The van der Waals surface area contributed by atoms with Gasteiger partial charge >= 0.3 is 0 Å². The standard InChI is InChI=1S/C14H17NO8/c16-7-10-11(17)12(18)13(14(19)23-10)22-6-5-8-3-1-2-4-9(8)15(20)21/h1-6,10-14,16-19H,7H2/b6-5+/t10-,11+,12+,13-,14-/m1/s1. The zero-order valence-corrected chi connectivity index (χ0v) is 11.9. The molecule has 1 aliphatic heterocycles. The van der Waals surface area contributed by atoms with E-state index < -0.39 is 42.2 Å². The first kappa shape index (κ1) is 17.3. The second kappa shape index (κ2) is 7.49. The SMILES string of the molecule is O=[N+]([O-])c1ccccc1/C=C/O[C@@H]1[C@@H](O)[C@@H](O)[C@@H](CO)O[C@H]1O. The summed E-state index contributed by atoms with van der Waals surface area (Å²) in [6.07, 6.45) is -4.57. The summed E-state index contributed by atoms with van der Waals surface area (Å²) in [4.78, 5) is 10.3. The van der Waals surface area contributed by atoms with Crippen LogP contribution in [0.1, 0.15) is 5.56 Å². The van der Waals surface area contributed by atoms with Crippen molar-refractivity contribution in [1.29, 1.82) is 0 Å². The summed E-state index contributed by atoms with van der Waals surface area (Å²) in [6.45, 7) is -0.575. The van der Waals surface area contributed by atoms with E-state index in [-0.39, 0.29) is 11.3 Å². The topological polar surface area (TPSA) is 143 Å². The summed E-state index contributed by atoms with van der Waals surface area (Å²) in [5, 5.41) is 49.2. The summed E-state index contributed by atoms with van der Waals surface area (Å²) in [7, 11) is 0. The zero-order chi connectivity index (χ0) is 17.0. The Hall–Kier alpha value is -2.04. The minimum atomic E-state index is -1.57. The van der Waals surface area contributed by atoms with Gasteiger partial charge < -0.3 is 29.9 Å². The van der Waals surface area contributed by atoms with Gasteiger partial charge in [0.15, 0.2) is 12.4 Å². The highest BCUT2D eigenvalue weighted by Gasteiger charge is 2.44. The summed E-state index contributed by atoms with van der Waals surface area (Å²) in [5.41, 5.74) is 0.140. The van der Waals surface area contributed by atoms with Crippen molar-refractivity contribution in [3.05, 3.63) is 46.2 Å². The third-order valence-electron chi connectivity index (χ3n) is 3.46. The molecule has 1 heterocycles. The van der Waals surface area contributed by atoms with Gasteiger partial charge in [-0.1, -0.05) is 12.1 Å². The van der Waals surface area contributed by atoms with Crippen LogP contribution in [-0.2, 0) is 9.47 Å². The molecule has 23 heavy (non-hydrogen) atoms. The van der Waals surface area contributed by atoms with E-state index in [1.165, 1.54) is 24.3 Å². The fourth-order valence-electron chi connectivity index (χ4n) is 2.22. The average molecular weight is 327 g/mol. The highest BCUT2D eigenvalue weighted by molar-refractivity contribution is 5.59. The lowest BCUT2D eigenvalue weighted by Gasteiger charge is -2.39. The van der Waals surface area contributed by atoms with E-state index in [0.717, 1.165) is 6.26 Å². The molecular formula is C14H17NO8. The van der Waals surface area contributed by atoms with Crippen molar-refractivity contribution in [2.45, 2.75) is 30.7 Å². The predicted octanol–water partition coefficient (Wildman–Crippen LogP) is -0.618. The minimum absolute atomic E-state index is 0.131. The molecule has 9 heteroatoms. The largest absolute Gasteiger partial charge is 0.490 e. The second-order valence-corrected chi connectivity index (χ2v) is 4.95. The van der Waals surface area contributed by atoms with Gasteiger partial charge in [0.1, 0.15) is 18.3 Å². The van der Waals surface area contributed by atoms with Crippen LogP contribution in [0, 0.1) is 10.1 Å². The first-order valence-electron chi connectivity index (χ1n) is 6.81. The molecule has 0 spiro atoms. The number of nitro groups is 1. The predicted molar refractivity (Wildman–Crippen MR) is 77.0 cm³/mol. The normalized spacial score (nSPS) is 31.2. The number of hydrogen-bond acceptors (Lipinski definition) is 8.